The van der Waals surface area contributed by atoms with Crippen LogP contribution in [-0.4, -0.2) is 17.7 Å². The van der Waals surface area contributed by atoms with Gasteiger partial charge in [0.15, 0.2) is 0 Å². The van der Waals surface area contributed by atoms with Gasteiger partial charge in [0, 0.05) is 5.56 Å². The van der Waals surface area contributed by atoms with Crippen LogP contribution in [0.3, 0.4) is 0 Å². The minimum atomic E-state index is -0.166. The lowest BCUT2D eigenvalue weighted by Gasteiger charge is -2.19. The molecule has 2 aromatic carbocycles. The molecular weight excluding hydrogens is 368 g/mol. The monoisotopic (exact) mass is 392 g/mol. The second-order valence-electron chi connectivity index (χ2n) is 7.14. The molecular formula is C23H24N2O4. The number of para-hydroxylation sites is 2. The van der Waals surface area contributed by atoms with Crippen LogP contribution in [0.25, 0.3) is 0 Å². The predicted octanol–water partition coefficient (Wildman–Crippen LogP) is 4.51. The van der Waals surface area contributed by atoms with E-state index in [1.165, 1.54) is 0 Å². The Balaban J connectivity index is 1.52. The van der Waals surface area contributed by atoms with Gasteiger partial charge < -0.3 is 19.3 Å². The zero-order valence-corrected chi connectivity index (χ0v) is 16.6. The summed E-state index contributed by atoms with van der Waals surface area (Å²) >= 11 is 0. The molecule has 0 radical (unpaired) electrons. The molecule has 1 aliphatic heterocycles. The minimum absolute atomic E-state index is 0.100. The number of carbonyl (C=O) groups is 1. The zero-order valence-electron chi connectivity index (χ0n) is 16.6. The first-order chi connectivity index (χ1) is 14.1. The summed E-state index contributed by atoms with van der Waals surface area (Å²) in [6, 6.07) is 15.0. The molecule has 1 unspecified atom stereocenters. The lowest BCUT2D eigenvalue weighted by molar-refractivity contribution is 0.0930. The van der Waals surface area contributed by atoms with Crippen LogP contribution in [0.1, 0.15) is 51.8 Å². The molecule has 150 valence electrons. The highest BCUT2D eigenvalue weighted by Crippen LogP contribution is 2.32. The Labute approximate surface area is 169 Å². The number of rotatable bonds is 5. The number of benzene rings is 2. The van der Waals surface area contributed by atoms with Crippen LogP contribution < -0.4 is 14.8 Å². The largest absolute Gasteiger partial charge is 0.493 e. The Bertz CT molecular complexity index is 992. The van der Waals surface area contributed by atoms with Gasteiger partial charge in [0.05, 0.1) is 29.5 Å². The van der Waals surface area contributed by atoms with E-state index >= 15 is 0 Å². The number of hydrogen-bond acceptors (Lipinski definition) is 5. The van der Waals surface area contributed by atoms with Crippen molar-refractivity contribution in [2.45, 2.75) is 39.3 Å². The molecule has 1 atom stereocenters. The summed E-state index contributed by atoms with van der Waals surface area (Å²) in [7, 11) is 0. The van der Waals surface area contributed by atoms with Crippen molar-refractivity contribution in [3.05, 3.63) is 76.7 Å². The number of aromatic nitrogens is 1. The van der Waals surface area contributed by atoms with E-state index in [-0.39, 0.29) is 11.9 Å². The van der Waals surface area contributed by atoms with Gasteiger partial charge in [0.25, 0.3) is 5.91 Å². The summed E-state index contributed by atoms with van der Waals surface area (Å²) in [6.45, 7) is 4.67. The fourth-order valence-corrected chi connectivity index (χ4v) is 3.55. The Morgan fingerprint density at radius 2 is 1.97 bits per heavy atom. The molecule has 6 nitrogen and oxygen atoms in total. The number of nitrogens with one attached hydrogen (secondary N) is 1. The fourth-order valence-electron chi connectivity index (χ4n) is 3.55. The first-order valence-corrected chi connectivity index (χ1v) is 9.79. The molecule has 1 amide bonds. The maximum atomic E-state index is 13.1. The standard InChI is InChI=1S/C23H24N2O4/c1-15-19(16(2)29-25-15)14-28-22-12-6-4-9-18(22)23(26)24-20-10-7-13-27-21-11-5-3-8-17(20)21/h3-6,8-9,11-12,20H,7,10,13-14H2,1-2H3,(H,24,26). The molecule has 0 saturated carbocycles. The number of aryl methyl sites for hydroxylation is 2. The maximum absolute atomic E-state index is 13.1. The summed E-state index contributed by atoms with van der Waals surface area (Å²) in [5.74, 6) is 1.92. The molecule has 3 aromatic rings. The Hall–Kier alpha value is -3.28. The number of amides is 1. The van der Waals surface area contributed by atoms with Crippen molar-refractivity contribution in [2.75, 3.05) is 6.61 Å². The van der Waals surface area contributed by atoms with Crippen molar-refractivity contribution in [1.82, 2.24) is 10.5 Å². The van der Waals surface area contributed by atoms with E-state index < -0.39 is 0 Å². The van der Waals surface area contributed by atoms with Crippen molar-refractivity contribution in [2.24, 2.45) is 0 Å². The van der Waals surface area contributed by atoms with Crippen LogP contribution in [0.15, 0.2) is 53.1 Å². The average molecular weight is 392 g/mol. The summed E-state index contributed by atoms with van der Waals surface area (Å²) in [5.41, 5.74) is 3.20. The second kappa shape index (κ2) is 8.39. The molecule has 0 fully saturated rings. The van der Waals surface area contributed by atoms with Gasteiger partial charge >= 0.3 is 0 Å². The lowest BCUT2D eigenvalue weighted by Crippen LogP contribution is -2.28. The molecule has 1 aliphatic rings. The minimum Gasteiger partial charge on any atom is -0.493 e. The number of carbonyl (C=O) groups excluding carboxylic acids is 1. The van der Waals surface area contributed by atoms with E-state index in [9.17, 15) is 4.79 Å². The molecule has 2 heterocycles. The Morgan fingerprint density at radius 1 is 1.17 bits per heavy atom. The third kappa shape index (κ3) is 4.11. The highest BCUT2D eigenvalue weighted by atomic mass is 16.5. The van der Waals surface area contributed by atoms with Crippen LogP contribution in [0.4, 0.5) is 0 Å². The predicted molar refractivity (Wildman–Crippen MR) is 108 cm³/mol. The van der Waals surface area contributed by atoms with Gasteiger partial charge in [0.2, 0.25) is 0 Å². The van der Waals surface area contributed by atoms with Crippen LogP contribution in [0.2, 0.25) is 0 Å². The highest BCUT2D eigenvalue weighted by molar-refractivity contribution is 5.97. The SMILES string of the molecule is Cc1noc(C)c1COc1ccccc1C(=O)NC1CCCOc2ccccc21. The number of hydrogen-bond donors (Lipinski definition) is 1. The molecule has 0 aliphatic carbocycles. The van der Waals surface area contributed by atoms with Crippen LogP contribution in [0, 0.1) is 13.8 Å². The van der Waals surface area contributed by atoms with Gasteiger partial charge in [-0.05, 0) is 44.9 Å². The molecule has 6 heteroatoms. The Morgan fingerprint density at radius 3 is 2.79 bits per heavy atom. The highest BCUT2D eigenvalue weighted by Gasteiger charge is 2.23. The number of ether oxygens (including phenoxy) is 2. The molecule has 1 aromatic heterocycles. The summed E-state index contributed by atoms with van der Waals surface area (Å²) in [6.07, 6.45) is 1.70. The van der Waals surface area contributed by atoms with E-state index in [2.05, 4.69) is 10.5 Å². The van der Waals surface area contributed by atoms with E-state index in [1.54, 1.807) is 12.1 Å². The first-order valence-electron chi connectivity index (χ1n) is 9.79. The number of nitrogens with zero attached hydrogens (tertiary/aromatic N) is 1. The molecule has 0 saturated heterocycles. The Kier molecular flexibility index (Phi) is 5.51. The van der Waals surface area contributed by atoms with Crippen LogP contribution in [0.5, 0.6) is 11.5 Å². The summed E-state index contributed by atoms with van der Waals surface area (Å²) < 4.78 is 16.9. The fraction of sp³-hybridized carbons (Fsp3) is 0.304. The van der Waals surface area contributed by atoms with Gasteiger partial charge in [-0.2, -0.15) is 0 Å². The smallest absolute Gasteiger partial charge is 0.255 e. The topological polar surface area (TPSA) is 73.6 Å². The van der Waals surface area contributed by atoms with E-state index in [1.807, 2.05) is 50.2 Å². The lowest BCUT2D eigenvalue weighted by atomic mass is 10.0. The van der Waals surface area contributed by atoms with E-state index in [0.29, 0.717) is 24.5 Å². The van der Waals surface area contributed by atoms with E-state index in [0.717, 1.165) is 41.2 Å². The number of fused-ring (bicyclic) bond motifs is 1. The van der Waals surface area contributed by atoms with Crippen LogP contribution in [-0.2, 0) is 6.61 Å². The third-order valence-corrected chi connectivity index (χ3v) is 5.18. The molecule has 1 N–H and O–H groups in total. The van der Waals surface area contributed by atoms with Crippen molar-refractivity contribution < 1.29 is 18.8 Å². The molecule has 0 spiro atoms. The van der Waals surface area contributed by atoms with Gasteiger partial charge in [-0.25, -0.2) is 0 Å². The van der Waals surface area contributed by atoms with Crippen molar-refractivity contribution in [1.29, 1.82) is 0 Å². The van der Waals surface area contributed by atoms with Crippen molar-refractivity contribution in [3.63, 3.8) is 0 Å². The second-order valence-corrected chi connectivity index (χ2v) is 7.14. The van der Waals surface area contributed by atoms with E-state index in [4.69, 9.17) is 14.0 Å². The molecule has 4 rings (SSSR count). The third-order valence-electron chi connectivity index (χ3n) is 5.18. The quantitative estimate of drug-likeness (QED) is 0.691. The van der Waals surface area contributed by atoms with Crippen LogP contribution >= 0.6 is 0 Å². The molecule has 29 heavy (non-hydrogen) atoms. The van der Waals surface area contributed by atoms with Gasteiger partial charge in [-0.15, -0.1) is 0 Å². The van der Waals surface area contributed by atoms with Crippen molar-refractivity contribution >= 4 is 5.91 Å². The summed E-state index contributed by atoms with van der Waals surface area (Å²) in [5, 5.41) is 7.11. The van der Waals surface area contributed by atoms with Gasteiger partial charge in [-0.3, -0.25) is 4.79 Å². The average Bonchev–Trinajstić information content (AvgIpc) is 2.93. The zero-order chi connectivity index (χ0) is 20.2. The molecule has 0 bridgehead atoms. The summed E-state index contributed by atoms with van der Waals surface area (Å²) in [4.78, 5) is 13.1. The van der Waals surface area contributed by atoms with Gasteiger partial charge in [0.1, 0.15) is 23.9 Å². The van der Waals surface area contributed by atoms with Crippen molar-refractivity contribution in [3.8, 4) is 11.5 Å². The first kappa shape index (κ1) is 19.1. The normalized spacial score (nSPS) is 15.7. The maximum Gasteiger partial charge on any atom is 0.255 e. The van der Waals surface area contributed by atoms with Gasteiger partial charge in [-0.1, -0.05) is 35.5 Å².